The molecule has 3 N–H and O–H groups in total. The first kappa shape index (κ1) is 56.4. The van der Waals surface area contributed by atoms with E-state index in [0.717, 1.165) is 23.0 Å². The molecule has 2 saturated heterocycles. The zero-order chi connectivity index (χ0) is 55.7. The van der Waals surface area contributed by atoms with E-state index in [0.29, 0.717) is 82.5 Å². The van der Waals surface area contributed by atoms with Gasteiger partial charge in [-0.3, -0.25) is 48.6 Å². The van der Waals surface area contributed by atoms with E-state index in [2.05, 4.69) is 16.0 Å². The van der Waals surface area contributed by atoms with E-state index in [4.69, 9.17) is 18.9 Å². The summed E-state index contributed by atoms with van der Waals surface area (Å²) in [4.78, 5) is 118. The van der Waals surface area contributed by atoms with E-state index in [1.165, 1.54) is 0 Å². The van der Waals surface area contributed by atoms with Gasteiger partial charge in [-0.15, -0.1) is 0 Å². The lowest BCUT2D eigenvalue weighted by molar-refractivity contribution is -0.187. The smallest absolute Gasteiger partial charge is 0.418 e. The Labute approximate surface area is 447 Å². The number of carbonyl (C=O) groups excluding carboxylic acids is 9. The average Bonchev–Trinajstić information content (AvgIpc) is 4.14. The summed E-state index contributed by atoms with van der Waals surface area (Å²) in [6, 6.07) is 20.3. The van der Waals surface area contributed by atoms with Gasteiger partial charge in [0.15, 0.2) is 0 Å². The molecule has 0 saturated carbocycles. The van der Waals surface area contributed by atoms with Crippen LogP contribution in [0.25, 0.3) is 0 Å². The number of anilines is 2. The number of aryl methyl sites for hydroxylation is 4. The van der Waals surface area contributed by atoms with Gasteiger partial charge in [0.2, 0.25) is 35.1 Å². The van der Waals surface area contributed by atoms with Crippen molar-refractivity contribution in [2.45, 2.75) is 102 Å². The maximum Gasteiger partial charge on any atom is 0.418 e. The fraction of sp³-hybridized carbons (Fsp3) is 0.411. The molecule has 4 aromatic carbocycles. The van der Waals surface area contributed by atoms with Crippen LogP contribution in [0.3, 0.4) is 0 Å². The number of hydrogen-bond donors (Lipinski definition) is 3. The number of carbonyl (C=O) groups is 9. The average molecular weight is 1080 g/mol. The number of nitrogens with one attached hydrogen (secondary N) is 3. The van der Waals surface area contributed by atoms with Crippen molar-refractivity contribution < 1.29 is 75.3 Å². The third kappa shape index (κ3) is 13.1. The Hall–Kier alpha value is -7.82. The highest BCUT2D eigenvalue weighted by Gasteiger charge is 2.59. The van der Waals surface area contributed by atoms with Gasteiger partial charge in [0.25, 0.3) is 17.7 Å². The van der Waals surface area contributed by atoms with E-state index in [-0.39, 0.29) is 81.3 Å². The third-order valence-corrected chi connectivity index (χ3v) is 14.1. The van der Waals surface area contributed by atoms with Gasteiger partial charge in [0.1, 0.15) is 18.6 Å². The van der Waals surface area contributed by atoms with Crippen LogP contribution >= 0.6 is 0 Å². The minimum Gasteiger partial charge on any atom is -0.427 e. The molecule has 2 fully saturated rings. The standard InChI is InChI=1S/C56H59F3N6O13/c1-34-8-10-37(11-9-34)32-63(35(2)56(57,58)59)48(69)33-64-53(73)55(78-54(64)74)24-22-39-31-41(17-18-43(39)55)61-45(66)20-14-36-12-15-40(16-13-36)60-47(68)23-26-76-28-30-77-29-27-75-25-4-6-38-5-3-7-42-49(38)52(72)65(51(42)71)44-19-21-46(67)62-50(44)70/h3,5,7-13,15-18,31,35,44H,4,6,14,19-30,32-33H2,1-2H3,(H,60,68)(H,61,66)(H,62,67,70)/t35-,44?,55+/m0/s1. The van der Waals surface area contributed by atoms with Crippen molar-refractivity contribution in [3.63, 3.8) is 0 Å². The zero-order valence-electron chi connectivity index (χ0n) is 43.0. The summed E-state index contributed by atoms with van der Waals surface area (Å²) in [6.45, 7) is 3.06. The summed E-state index contributed by atoms with van der Waals surface area (Å²) in [5.74, 6) is -4.65. The number of nitrogens with zero attached hydrogens (tertiary/aromatic N) is 3. The van der Waals surface area contributed by atoms with E-state index >= 15 is 0 Å². The Morgan fingerprint density at radius 1 is 0.782 bits per heavy atom. The molecule has 0 radical (unpaired) electrons. The van der Waals surface area contributed by atoms with Crippen LogP contribution in [0.5, 0.6) is 0 Å². The molecule has 8 rings (SSSR count). The maximum absolute atomic E-state index is 13.9. The minimum absolute atomic E-state index is 0.0424. The number of halogens is 3. The lowest BCUT2D eigenvalue weighted by Gasteiger charge is -2.31. The summed E-state index contributed by atoms with van der Waals surface area (Å²) in [6.07, 6.45) is -3.79. The van der Waals surface area contributed by atoms with Crippen molar-refractivity contribution in [2.75, 3.05) is 56.8 Å². The van der Waals surface area contributed by atoms with Gasteiger partial charge in [-0.05, 0) is 98.5 Å². The summed E-state index contributed by atoms with van der Waals surface area (Å²) >= 11 is 0. The second-order valence-corrected chi connectivity index (χ2v) is 19.5. The fourth-order valence-electron chi connectivity index (χ4n) is 9.79. The molecule has 22 heteroatoms. The Morgan fingerprint density at radius 2 is 1.44 bits per heavy atom. The van der Waals surface area contributed by atoms with Crippen LogP contribution in [-0.4, -0.2) is 132 Å². The third-order valence-electron chi connectivity index (χ3n) is 14.1. The first-order valence-electron chi connectivity index (χ1n) is 25.7. The Bertz CT molecular complexity index is 2970. The molecule has 412 valence electrons. The van der Waals surface area contributed by atoms with Gasteiger partial charge >= 0.3 is 12.3 Å². The van der Waals surface area contributed by atoms with Crippen LogP contribution in [0.4, 0.5) is 29.3 Å². The lowest BCUT2D eigenvalue weighted by atomic mass is 9.94. The van der Waals surface area contributed by atoms with Crippen molar-refractivity contribution in [2.24, 2.45) is 0 Å². The van der Waals surface area contributed by atoms with Crippen LogP contribution in [-0.2, 0) is 79.1 Å². The Balaban J connectivity index is 0.686. The lowest BCUT2D eigenvalue weighted by Crippen LogP contribution is -2.54. The normalized spacial score (nSPS) is 18.2. The second kappa shape index (κ2) is 24.7. The van der Waals surface area contributed by atoms with Gasteiger partial charge in [-0.2, -0.15) is 13.2 Å². The highest BCUT2D eigenvalue weighted by atomic mass is 19.4. The van der Waals surface area contributed by atoms with Crippen LogP contribution in [0, 0.1) is 6.92 Å². The monoisotopic (exact) mass is 1080 g/mol. The number of rotatable bonds is 24. The topological polar surface area (TPSA) is 236 Å². The van der Waals surface area contributed by atoms with E-state index in [9.17, 15) is 56.3 Å². The van der Waals surface area contributed by atoms with E-state index in [1.807, 2.05) is 6.92 Å². The first-order chi connectivity index (χ1) is 37.3. The molecule has 4 aromatic rings. The minimum atomic E-state index is -4.77. The molecular weight excluding hydrogens is 1020 g/mol. The van der Waals surface area contributed by atoms with Crippen LogP contribution in [0.1, 0.15) is 99.5 Å². The van der Waals surface area contributed by atoms with E-state index in [1.54, 1.807) is 84.9 Å². The zero-order valence-corrected chi connectivity index (χ0v) is 43.0. The number of alkyl halides is 3. The number of fused-ring (bicyclic) bond motifs is 3. The molecule has 0 aromatic heterocycles. The van der Waals surface area contributed by atoms with Gasteiger partial charge in [0, 0.05) is 49.4 Å². The fourth-order valence-corrected chi connectivity index (χ4v) is 9.79. The number of ether oxygens (including phenoxy) is 4. The maximum atomic E-state index is 13.9. The number of amides is 9. The van der Waals surface area contributed by atoms with Gasteiger partial charge in [-0.1, -0.05) is 60.2 Å². The quantitative estimate of drug-likeness (QED) is 0.0534. The predicted molar refractivity (Wildman–Crippen MR) is 272 cm³/mol. The summed E-state index contributed by atoms with van der Waals surface area (Å²) in [5.41, 5.74) is 3.59. The Morgan fingerprint density at radius 3 is 2.14 bits per heavy atom. The van der Waals surface area contributed by atoms with Crippen molar-refractivity contribution in [1.29, 1.82) is 0 Å². The molecular formula is C56H59F3N6O13. The van der Waals surface area contributed by atoms with Crippen molar-refractivity contribution in [3.05, 3.63) is 129 Å². The highest BCUT2D eigenvalue weighted by molar-refractivity contribution is 6.24. The van der Waals surface area contributed by atoms with Crippen LogP contribution < -0.4 is 16.0 Å². The number of hydrogen-bond acceptors (Lipinski definition) is 13. The molecule has 3 heterocycles. The molecule has 4 aliphatic rings. The van der Waals surface area contributed by atoms with Crippen molar-refractivity contribution >= 4 is 64.7 Å². The predicted octanol–water partition coefficient (Wildman–Crippen LogP) is 6.08. The highest BCUT2D eigenvalue weighted by Crippen LogP contribution is 2.46. The summed E-state index contributed by atoms with van der Waals surface area (Å²) in [5, 5.41) is 7.86. The Kier molecular flexibility index (Phi) is 17.8. The molecule has 1 aliphatic carbocycles. The number of imide groups is 3. The second-order valence-electron chi connectivity index (χ2n) is 19.5. The summed E-state index contributed by atoms with van der Waals surface area (Å²) in [7, 11) is 0. The molecule has 19 nitrogen and oxygen atoms in total. The van der Waals surface area contributed by atoms with Crippen LogP contribution in [0.15, 0.2) is 84.9 Å². The number of benzene rings is 4. The van der Waals surface area contributed by atoms with Gasteiger partial charge in [0.05, 0.1) is 50.6 Å². The van der Waals surface area contributed by atoms with Crippen molar-refractivity contribution in [3.8, 4) is 0 Å². The largest absolute Gasteiger partial charge is 0.427 e. The first-order valence-corrected chi connectivity index (χ1v) is 25.7. The molecule has 9 amide bonds. The van der Waals surface area contributed by atoms with Gasteiger partial charge in [-0.25, -0.2) is 9.69 Å². The molecule has 1 unspecified atom stereocenters. The van der Waals surface area contributed by atoms with Crippen molar-refractivity contribution in [1.82, 2.24) is 20.0 Å². The molecule has 3 aliphatic heterocycles. The summed E-state index contributed by atoms with van der Waals surface area (Å²) < 4.78 is 64.1. The van der Waals surface area contributed by atoms with E-state index < -0.39 is 78.5 Å². The molecule has 78 heavy (non-hydrogen) atoms. The number of piperidine rings is 1. The molecule has 1 spiro atoms. The van der Waals surface area contributed by atoms with Gasteiger partial charge < -0.3 is 34.5 Å². The molecule has 3 atom stereocenters. The van der Waals surface area contributed by atoms with Crippen LogP contribution in [0.2, 0.25) is 0 Å². The SMILES string of the molecule is Cc1ccc(CN(C(=O)CN2C(=O)O[C@@]3(CCc4cc(NC(=O)CCc5ccc(NC(=O)CCOCCOCCOCCCc6cccc7c6C(=O)N(C6CCC(=O)NC6=O)C7=O)cc5)ccc43)C2=O)[C@@H](C)C(F)(F)F)cc1. The molecule has 0 bridgehead atoms.